The van der Waals surface area contributed by atoms with Crippen molar-refractivity contribution in [3.8, 4) is 16.9 Å². The van der Waals surface area contributed by atoms with E-state index in [1.54, 1.807) is 18.2 Å². The fourth-order valence-electron chi connectivity index (χ4n) is 3.14. The SMILES string of the molecule is COc1ccc2oc(C(=O)Nc3scc(-c4ccc(C)c(F)c4F)c3C(=O)O)cc2c1. The van der Waals surface area contributed by atoms with Crippen LogP contribution >= 0.6 is 11.3 Å². The molecule has 158 valence electrons. The highest BCUT2D eigenvalue weighted by Crippen LogP contribution is 2.38. The molecule has 4 aromatic rings. The summed E-state index contributed by atoms with van der Waals surface area (Å²) < 4.78 is 39.1. The van der Waals surface area contributed by atoms with Crippen molar-refractivity contribution in [2.75, 3.05) is 12.4 Å². The van der Waals surface area contributed by atoms with Gasteiger partial charge in [0.15, 0.2) is 17.4 Å². The van der Waals surface area contributed by atoms with Gasteiger partial charge in [-0.15, -0.1) is 11.3 Å². The number of amides is 1. The Kier molecular flexibility index (Phi) is 5.20. The number of halogens is 2. The van der Waals surface area contributed by atoms with Gasteiger partial charge >= 0.3 is 5.97 Å². The molecule has 31 heavy (non-hydrogen) atoms. The molecule has 4 rings (SSSR count). The molecule has 0 saturated carbocycles. The molecule has 0 fully saturated rings. The number of carbonyl (C=O) groups excluding carboxylic acids is 1. The van der Waals surface area contributed by atoms with Crippen LogP contribution in [0, 0.1) is 18.6 Å². The first-order valence-electron chi connectivity index (χ1n) is 8.99. The number of hydrogen-bond acceptors (Lipinski definition) is 5. The largest absolute Gasteiger partial charge is 0.497 e. The summed E-state index contributed by atoms with van der Waals surface area (Å²) in [7, 11) is 1.51. The number of furan rings is 1. The topological polar surface area (TPSA) is 88.8 Å². The summed E-state index contributed by atoms with van der Waals surface area (Å²) in [5.74, 6) is -3.72. The van der Waals surface area contributed by atoms with E-state index in [0.717, 1.165) is 11.3 Å². The molecule has 0 bridgehead atoms. The highest BCUT2D eigenvalue weighted by Gasteiger charge is 2.25. The third-order valence-corrected chi connectivity index (χ3v) is 5.64. The molecule has 2 aromatic carbocycles. The monoisotopic (exact) mass is 443 g/mol. The second kappa shape index (κ2) is 7.84. The molecule has 9 heteroatoms. The average molecular weight is 443 g/mol. The molecule has 0 aliphatic rings. The molecule has 2 N–H and O–H groups in total. The maximum Gasteiger partial charge on any atom is 0.339 e. The normalized spacial score (nSPS) is 11.0. The van der Waals surface area contributed by atoms with Crippen LogP contribution in [0.25, 0.3) is 22.1 Å². The first-order valence-corrected chi connectivity index (χ1v) is 9.86. The van der Waals surface area contributed by atoms with Crippen molar-refractivity contribution in [2.45, 2.75) is 6.92 Å². The minimum atomic E-state index is -1.39. The quantitative estimate of drug-likeness (QED) is 0.413. The molecular weight excluding hydrogens is 428 g/mol. The van der Waals surface area contributed by atoms with Gasteiger partial charge in [0.2, 0.25) is 0 Å². The minimum absolute atomic E-state index is 0.0223. The first-order chi connectivity index (χ1) is 14.8. The highest BCUT2D eigenvalue weighted by molar-refractivity contribution is 7.15. The lowest BCUT2D eigenvalue weighted by molar-refractivity contribution is 0.0699. The van der Waals surface area contributed by atoms with E-state index in [1.165, 1.54) is 37.6 Å². The second-order valence-electron chi connectivity index (χ2n) is 6.69. The second-order valence-corrected chi connectivity index (χ2v) is 7.56. The van der Waals surface area contributed by atoms with Gasteiger partial charge in [-0.3, -0.25) is 4.79 Å². The maximum absolute atomic E-state index is 14.4. The van der Waals surface area contributed by atoms with Crippen LogP contribution in [-0.4, -0.2) is 24.1 Å². The van der Waals surface area contributed by atoms with Crippen LogP contribution in [0.1, 0.15) is 26.5 Å². The molecule has 2 heterocycles. The number of methoxy groups -OCH3 is 1. The van der Waals surface area contributed by atoms with Crippen molar-refractivity contribution in [3.63, 3.8) is 0 Å². The van der Waals surface area contributed by atoms with Crippen LogP contribution in [0.15, 0.2) is 46.2 Å². The number of carboxylic acid groups (broad SMARTS) is 1. The number of aromatic carboxylic acids is 1. The van der Waals surface area contributed by atoms with Crippen LogP contribution in [0.2, 0.25) is 0 Å². The summed E-state index contributed by atoms with van der Waals surface area (Å²) in [6, 6.07) is 9.17. The van der Waals surface area contributed by atoms with Crippen molar-refractivity contribution in [3.05, 3.63) is 70.3 Å². The Balaban J connectivity index is 1.70. The van der Waals surface area contributed by atoms with Crippen molar-refractivity contribution in [2.24, 2.45) is 0 Å². The Bertz CT molecular complexity index is 1340. The number of thiophene rings is 1. The third-order valence-electron chi connectivity index (χ3n) is 4.74. The predicted molar refractivity (Wildman–Crippen MR) is 112 cm³/mol. The first kappa shape index (κ1) is 20.5. The highest BCUT2D eigenvalue weighted by atomic mass is 32.1. The fraction of sp³-hybridized carbons (Fsp3) is 0.0909. The maximum atomic E-state index is 14.4. The number of benzene rings is 2. The number of anilines is 1. The van der Waals surface area contributed by atoms with E-state index in [4.69, 9.17) is 9.15 Å². The van der Waals surface area contributed by atoms with Gasteiger partial charge in [0, 0.05) is 21.9 Å². The molecule has 6 nitrogen and oxygen atoms in total. The lowest BCUT2D eigenvalue weighted by Crippen LogP contribution is -2.12. The van der Waals surface area contributed by atoms with E-state index in [2.05, 4.69) is 5.32 Å². The van der Waals surface area contributed by atoms with Crippen LogP contribution in [0.5, 0.6) is 5.75 Å². The van der Waals surface area contributed by atoms with Crippen LogP contribution in [-0.2, 0) is 0 Å². The van der Waals surface area contributed by atoms with Crippen molar-refractivity contribution >= 4 is 39.2 Å². The summed E-state index contributed by atoms with van der Waals surface area (Å²) in [6.45, 7) is 1.41. The minimum Gasteiger partial charge on any atom is -0.497 e. The number of hydrogen-bond donors (Lipinski definition) is 2. The summed E-state index contributed by atoms with van der Waals surface area (Å²) in [5.41, 5.74) is -0.0122. The van der Waals surface area contributed by atoms with Gasteiger partial charge in [-0.25, -0.2) is 13.6 Å². The van der Waals surface area contributed by atoms with E-state index >= 15 is 0 Å². The summed E-state index contributed by atoms with van der Waals surface area (Å²) in [4.78, 5) is 24.5. The number of carbonyl (C=O) groups is 2. The number of ether oxygens (including phenoxy) is 1. The number of fused-ring (bicyclic) bond motifs is 1. The lowest BCUT2D eigenvalue weighted by atomic mass is 10.0. The van der Waals surface area contributed by atoms with Gasteiger partial charge < -0.3 is 19.6 Å². The van der Waals surface area contributed by atoms with E-state index in [-0.39, 0.29) is 33.0 Å². The van der Waals surface area contributed by atoms with Gasteiger partial charge in [0.1, 0.15) is 21.9 Å². The molecule has 0 atom stereocenters. The Morgan fingerprint density at radius 1 is 1.10 bits per heavy atom. The standard InChI is InChI=1S/C22H15F2NO5S/c1-10-3-5-13(19(24)18(10)23)14-9-31-21(17(14)22(27)28)25-20(26)16-8-11-7-12(29-2)4-6-15(11)30-16/h3-9H,1-2H3,(H,25,26)(H,27,28). The Morgan fingerprint density at radius 3 is 2.58 bits per heavy atom. The molecule has 2 aromatic heterocycles. The van der Waals surface area contributed by atoms with Crippen molar-refractivity contribution in [1.29, 1.82) is 0 Å². The van der Waals surface area contributed by atoms with Gasteiger partial charge in [0.25, 0.3) is 5.91 Å². The van der Waals surface area contributed by atoms with Gasteiger partial charge in [-0.05, 0) is 36.8 Å². The van der Waals surface area contributed by atoms with E-state index < -0.39 is 23.5 Å². The summed E-state index contributed by atoms with van der Waals surface area (Å²) in [5, 5.41) is 14.1. The molecule has 0 aliphatic carbocycles. The molecule has 1 amide bonds. The molecule has 0 aliphatic heterocycles. The molecule has 0 radical (unpaired) electrons. The Labute approximate surface area is 178 Å². The Morgan fingerprint density at radius 2 is 1.87 bits per heavy atom. The summed E-state index contributed by atoms with van der Waals surface area (Å²) >= 11 is 0.890. The fourth-order valence-corrected chi connectivity index (χ4v) is 4.09. The average Bonchev–Trinajstić information content (AvgIpc) is 3.35. The zero-order valence-corrected chi connectivity index (χ0v) is 17.1. The van der Waals surface area contributed by atoms with Gasteiger partial charge in [-0.2, -0.15) is 0 Å². The number of aryl methyl sites for hydroxylation is 1. The van der Waals surface area contributed by atoms with Crippen molar-refractivity contribution < 1.29 is 32.6 Å². The smallest absolute Gasteiger partial charge is 0.339 e. The molecule has 0 unspecified atom stereocenters. The zero-order valence-electron chi connectivity index (χ0n) is 16.3. The van der Waals surface area contributed by atoms with E-state index in [1.807, 2.05) is 0 Å². The van der Waals surface area contributed by atoms with Crippen molar-refractivity contribution in [1.82, 2.24) is 0 Å². The summed E-state index contributed by atoms with van der Waals surface area (Å²) in [6.07, 6.45) is 0. The van der Waals surface area contributed by atoms with Gasteiger partial charge in [-0.1, -0.05) is 12.1 Å². The van der Waals surface area contributed by atoms with Gasteiger partial charge in [0.05, 0.1) is 7.11 Å². The predicted octanol–water partition coefficient (Wildman–Crippen LogP) is 5.71. The molecule has 0 spiro atoms. The van der Waals surface area contributed by atoms with Crippen LogP contribution in [0.3, 0.4) is 0 Å². The third kappa shape index (κ3) is 3.64. The Hall–Kier alpha value is -3.72. The van der Waals surface area contributed by atoms with Crippen LogP contribution in [0.4, 0.5) is 13.8 Å². The zero-order chi connectivity index (χ0) is 22.3. The van der Waals surface area contributed by atoms with E-state index in [0.29, 0.717) is 16.7 Å². The lowest BCUT2D eigenvalue weighted by Gasteiger charge is -2.07. The molecule has 0 saturated heterocycles. The number of nitrogens with one attached hydrogen (secondary N) is 1. The number of carboxylic acids is 1. The van der Waals surface area contributed by atoms with Crippen LogP contribution < -0.4 is 10.1 Å². The van der Waals surface area contributed by atoms with E-state index in [9.17, 15) is 23.5 Å². The molecular formula is C22H15F2NO5S. The number of rotatable bonds is 5.